The van der Waals surface area contributed by atoms with Gasteiger partial charge in [0.1, 0.15) is 0 Å². The second-order valence-electron chi connectivity index (χ2n) is 5.61. The van der Waals surface area contributed by atoms with Gasteiger partial charge in [0, 0.05) is 17.6 Å². The molecule has 1 unspecified atom stereocenters. The molecule has 0 aromatic heterocycles. The maximum Gasteiger partial charge on any atom is 0.0453 e. The molecule has 0 spiro atoms. The van der Waals surface area contributed by atoms with Gasteiger partial charge in [0.25, 0.3) is 0 Å². The fraction of sp³-hybridized carbons (Fsp3) is 0.625. The van der Waals surface area contributed by atoms with Crippen molar-refractivity contribution in [2.24, 2.45) is 11.7 Å². The Bertz CT molecular complexity index is 390. The molecule has 0 aliphatic heterocycles. The van der Waals surface area contributed by atoms with E-state index in [-0.39, 0.29) is 6.04 Å². The summed E-state index contributed by atoms with van der Waals surface area (Å²) in [5, 5.41) is 0.789. The van der Waals surface area contributed by atoms with Crippen LogP contribution >= 0.6 is 11.6 Å². The van der Waals surface area contributed by atoms with Crippen molar-refractivity contribution in [3.63, 3.8) is 0 Å². The molecule has 1 saturated carbocycles. The molecule has 19 heavy (non-hydrogen) atoms. The van der Waals surface area contributed by atoms with E-state index in [9.17, 15) is 0 Å². The lowest BCUT2D eigenvalue weighted by molar-refractivity contribution is 0.180. The average Bonchev–Trinajstić information content (AvgIpc) is 2.37. The van der Waals surface area contributed by atoms with E-state index in [1.807, 2.05) is 24.3 Å². The van der Waals surface area contributed by atoms with Gasteiger partial charge in [0.15, 0.2) is 0 Å². The van der Waals surface area contributed by atoms with Gasteiger partial charge < -0.3 is 10.6 Å². The van der Waals surface area contributed by atoms with Crippen LogP contribution in [0.3, 0.4) is 0 Å². The SMILES string of the molecule is CCN(CCC(N)c1ccccc1Cl)CC1CCC1. The highest BCUT2D eigenvalue weighted by molar-refractivity contribution is 6.31. The van der Waals surface area contributed by atoms with Crippen LogP contribution in [0, 0.1) is 5.92 Å². The monoisotopic (exact) mass is 280 g/mol. The first kappa shape index (κ1) is 14.8. The lowest BCUT2D eigenvalue weighted by Gasteiger charge is -2.32. The Morgan fingerprint density at radius 1 is 1.37 bits per heavy atom. The van der Waals surface area contributed by atoms with Gasteiger partial charge in [-0.15, -0.1) is 0 Å². The van der Waals surface area contributed by atoms with E-state index in [2.05, 4.69) is 11.8 Å². The molecular weight excluding hydrogens is 256 g/mol. The van der Waals surface area contributed by atoms with Gasteiger partial charge in [-0.3, -0.25) is 0 Å². The molecule has 106 valence electrons. The van der Waals surface area contributed by atoms with Gasteiger partial charge in [-0.05, 0) is 49.9 Å². The van der Waals surface area contributed by atoms with Gasteiger partial charge in [-0.2, -0.15) is 0 Å². The van der Waals surface area contributed by atoms with Crippen LogP contribution in [0.2, 0.25) is 5.02 Å². The van der Waals surface area contributed by atoms with Gasteiger partial charge in [-0.1, -0.05) is 43.1 Å². The molecule has 2 N–H and O–H groups in total. The molecule has 1 aliphatic rings. The maximum absolute atomic E-state index is 6.27. The highest BCUT2D eigenvalue weighted by Crippen LogP contribution is 2.28. The fourth-order valence-electron chi connectivity index (χ4n) is 2.67. The van der Waals surface area contributed by atoms with Gasteiger partial charge >= 0.3 is 0 Å². The Kier molecular flexibility index (Phi) is 5.68. The van der Waals surface area contributed by atoms with Crippen molar-refractivity contribution in [3.8, 4) is 0 Å². The summed E-state index contributed by atoms with van der Waals surface area (Å²) < 4.78 is 0. The minimum atomic E-state index is 0.0455. The molecule has 2 nitrogen and oxygen atoms in total. The van der Waals surface area contributed by atoms with E-state index in [1.165, 1.54) is 25.8 Å². The maximum atomic E-state index is 6.27. The molecule has 1 atom stereocenters. The van der Waals surface area contributed by atoms with Crippen LogP contribution in [0.4, 0.5) is 0 Å². The minimum absolute atomic E-state index is 0.0455. The zero-order valence-electron chi connectivity index (χ0n) is 11.8. The molecule has 1 aromatic carbocycles. The van der Waals surface area contributed by atoms with Crippen LogP contribution in [-0.2, 0) is 0 Å². The highest BCUT2D eigenvalue weighted by Gasteiger charge is 2.20. The minimum Gasteiger partial charge on any atom is -0.324 e. The third-order valence-electron chi connectivity index (χ3n) is 4.25. The molecule has 1 aliphatic carbocycles. The van der Waals surface area contributed by atoms with Crippen molar-refractivity contribution in [2.75, 3.05) is 19.6 Å². The first-order valence-corrected chi connectivity index (χ1v) is 7.81. The summed E-state index contributed by atoms with van der Waals surface area (Å²) in [4.78, 5) is 2.53. The van der Waals surface area contributed by atoms with E-state index < -0.39 is 0 Å². The molecule has 2 rings (SSSR count). The Morgan fingerprint density at radius 3 is 2.68 bits per heavy atom. The van der Waals surface area contributed by atoms with Crippen molar-refractivity contribution in [1.29, 1.82) is 0 Å². The lowest BCUT2D eigenvalue weighted by Crippen LogP contribution is -2.34. The van der Waals surface area contributed by atoms with Gasteiger partial charge in [0.05, 0.1) is 0 Å². The van der Waals surface area contributed by atoms with Crippen LogP contribution in [0.1, 0.15) is 44.2 Å². The molecule has 0 saturated heterocycles. The summed E-state index contributed by atoms with van der Waals surface area (Å²) in [7, 11) is 0. The van der Waals surface area contributed by atoms with Gasteiger partial charge in [-0.25, -0.2) is 0 Å². The van der Waals surface area contributed by atoms with Crippen LogP contribution in [0.25, 0.3) is 0 Å². The zero-order valence-corrected chi connectivity index (χ0v) is 12.6. The summed E-state index contributed by atoms with van der Waals surface area (Å²) in [6.45, 7) is 5.66. The largest absolute Gasteiger partial charge is 0.324 e. The standard InChI is InChI=1S/C16H25ClN2/c1-2-19(12-13-6-5-7-13)11-10-16(18)14-8-3-4-9-15(14)17/h3-4,8-9,13,16H,2,5-7,10-12,18H2,1H3. The topological polar surface area (TPSA) is 29.3 Å². The van der Waals surface area contributed by atoms with Crippen LogP contribution in [0.15, 0.2) is 24.3 Å². The first-order valence-electron chi connectivity index (χ1n) is 7.43. The Morgan fingerprint density at radius 2 is 2.11 bits per heavy atom. The van der Waals surface area contributed by atoms with Crippen molar-refractivity contribution in [3.05, 3.63) is 34.9 Å². The van der Waals surface area contributed by atoms with E-state index in [4.69, 9.17) is 17.3 Å². The summed E-state index contributed by atoms with van der Waals surface area (Å²) in [6.07, 6.45) is 5.21. The van der Waals surface area contributed by atoms with E-state index in [0.29, 0.717) is 0 Å². The second-order valence-corrected chi connectivity index (χ2v) is 6.01. The highest BCUT2D eigenvalue weighted by atomic mass is 35.5. The summed E-state index contributed by atoms with van der Waals surface area (Å²) >= 11 is 6.19. The number of nitrogens with zero attached hydrogens (tertiary/aromatic N) is 1. The van der Waals surface area contributed by atoms with Crippen molar-refractivity contribution >= 4 is 11.6 Å². The predicted molar refractivity (Wildman–Crippen MR) is 82.5 cm³/mol. The molecule has 0 radical (unpaired) electrons. The molecule has 0 bridgehead atoms. The molecule has 1 aromatic rings. The molecule has 3 heteroatoms. The summed E-state index contributed by atoms with van der Waals surface area (Å²) in [6, 6.07) is 7.96. The van der Waals surface area contributed by atoms with E-state index in [1.54, 1.807) is 0 Å². The Hall–Kier alpha value is -0.570. The molecule has 0 heterocycles. The van der Waals surface area contributed by atoms with Crippen LogP contribution in [0.5, 0.6) is 0 Å². The van der Waals surface area contributed by atoms with Crippen molar-refractivity contribution in [1.82, 2.24) is 4.90 Å². The third kappa shape index (κ3) is 4.20. The number of hydrogen-bond acceptors (Lipinski definition) is 2. The predicted octanol–water partition coefficient (Wildman–Crippen LogP) is 3.85. The smallest absolute Gasteiger partial charge is 0.0453 e. The number of rotatable bonds is 7. The van der Waals surface area contributed by atoms with E-state index in [0.717, 1.165) is 36.0 Å². The first-order chi connectivity index (χ1) is 9.20. The summed E-state index contributed by atoms with van der Waals surface area (Å²) in [5.74, 6) is 0.927. The fourth-order valence-corrected chi connectivity index (χ4v) is 2.95. The van der Waals surface area contributed by atoms with Crippen LogP contribution in [-0.4, -0.2) is 24.5 Å². The lowest BCUT2D eigenvalue weighted by atomic mass is 9.85. The van der Waals surface area contributed by atoms with E-state index >= 15 is 0 Å². The Balaban J connectivity index is 1.81. The summed E-state index contributed by atoms with van der Waals surface area (Å²) in [5.41, 5.74) is 7.34. The normalized spacial score (nSPS) is 17.5. The number of nitrogens with two attached hydrogens (primary N) is 1. The second kappa shape index (κ2) is 7.28. The Labute approximate surface area is 121 Å². The van der Waals surface area contributed by atoms with Crippen molar-refractivity contribution in [2.45, 2.75) is 38.6 Å². The van der Waals surface area contributed by atoms with Crippen LogP contribution < -0.4 is 5.73 Å². The molecular formula is C16H25ClN2. The number of hydrogen-bond donors (Lipinski definition) is 1. The van der Waals surface area contributed by atoms with Crippen molar-refractivity contribution < 1.29 is 0 Å². The third-order valence-corrected chi connectivity index (χ3v) is 4.59. The quantitative estimate of drug-likeness (QED) is 0.822. The van der Waals surface area contributed by atoms with Gasteiger partial charge in [0.2, 0.25) is 0 Å². The molecule has 0 amide bonds. The molecule has 1 fully saturated rings. The number of halogens is 1. The zero-order chi connectivity index (χ0) is 13.7. The average molecular weight is 281 g/mol. The number of benzene rings is 1.